The zero-order valence-electron chi connectivity index (χ0n) is 15.6. The fourth-order valence-corrected chi connectivity index (χ4v) is 3.54. The number of benzene rings is 1. The van der Waals surface area contributed by atoms with E-state index in [4.69, 9.17) is 9.47 Å². The summed E-state index contributed by atoms with van der Waals surface area (Å²) in [5.74, 6) is 0.806. The molecule has 148 valence electrons. The molecule has 5 nitrogen and oxygen atoms in total. The van der Waals surface area contributed by atoms with Crippen molar-refractivity contribution >= 4 is 41.3 Å². The maximum Gasteiger partial charge on any atom is 0.191 e. The first kappa shape index (κ1) is 22.1. The van der Waals surface area contributed by atoms with Gasteiger partial charge in [-0.2, -0.15) is 11.3 Å². The molecule has 0 bridgehead atoms. The Morgan fingerprint density at radius 3 is 2.59 bits per heavy atom. The molecule has 0 atom stereocenters. The minimum absolute atomic E-state index is 0. The van der Waals surface area contributed by atoms with Crippen LogP contribution in [-0.2, 0) is 29.2 Å². The summed E-state index contributed by atoms with van der Waals surface area (Å²) in [6, 6.07) is 10.6. The van der Waals surface area contributed by atoms with Crippen LogP contribution in [0.4, 0.5) is 0 Å². The lowest BCUT2D eigenvalue weighted by molar-refractivity contribution is -0.0390. The molecule has 0 spiro atoms. The highest BCUT2D eigenvalue weighted by Gasteiger charge is 2.14. The first-order chi connectivity index (χ1) is 12.8. The van der Waals surface area contributed by atoms with Crippen LogP contribution in [0.1, 0.15) is 29.5 Å². The first-order valence-electron chi connectivity index (χ1n) is 9.06. The summed E-state index contributed by atoms with van der Waals surface area (Å²) in [5.41, 5.74) is 3.69. The van der Waals surface area contributed by atoms with Crippen LogP contribution < -0.4 is 10.6 Å². The molecule has 2 heterocycles. The molecule has 1 aliphatic rings. The molecule has 0 aliphatic carbocycles. The number of nitrogens with one attached hydrogen (secondary N) is 2. The molecule has 0 unspecified atom stereocenters. The monoisotopic (exact) mass is 501 g/mol. The van der Waals surface area contributed by atoms with Gasteiger partial charge in [0.15, 0.2) is 5.96 Å². The lowest BCUT2D eigenvalue weighted by Crippen LogP contribution is -2.36. The van der Waals surface area contributed by atoms with Crippen LogP contribution in [0.5, 0.6) is 0 Å². The van der Waals surface area contributed by atoms with E-state index in [-0.39, 0.29) is 24.0 Å². The second-order valence-electron chi connectivity index (χ2n) is 6.35. The van der Waals surface area contributed by atoms with Crippen molar-refractivity contribution in [1.82, 2.24) is 10.6 Å². The quantitative estimate of drug-likeness (QED) is 0.343. The molecule has 0 amide bonds. The Morgan fingerprint density at radius 1 is 1.15 bits per heavy atom. The van der Waals surface area contributed by atoms with Crippen LogP contribution in [0, 0.1) is 0 Å². The SMILES string of the molecule is CN=C(NCc1ccsc1)NCc1cccc(COC2CCOCC2)c1.I. The Hall–Kier alpha value is -1.16. The van der Waals surface area contributed by atoms with Gasteiger partial charge in [0.05, 0.1) is 12.7 Å². The zero-order valence-corrected chi connectivity index (χ0v) is 18.8. The molecule has 7 heteroatoms. The van der Waals surface area contributed by atoms with Crippen LogP contribution >= 0.6 is 35.3 Å². The molecule has 3 rings (SSSR count). The highest BCUT2D eigenvalue weighted by molar-refractivity contribution is 14.0. The van der Waals surface area contributed by atoms with E-state index < -0.39 is 0 Å². The predicted octanol–water partition coefficient (Wildman–Crippen LogP) is 3.93. The van der Waals surface area contributed by atoms with Gasteiger partial charge >= 0.3 is 0 Å². The lowest BCUT2D eigenvalue weighted by atomic mass is 10.1. The van der Waals surface area contributed by atoms with Crippen LogP contribution in [0.2, 0.25) is 0 Å². The van der Waals surface area contributed by atoms with E-state index in [0.29, 0.717) is 12.7 Å². The topological polar surface area (TPSA) is 54.9 Å². The largest absolute Gasteiger partial charge is 0.381 e. The van der Waals surface area contributed by atoms with Crippen molar-refractivity contribution in [2.24, 2.45) is 4.99 Å². The van der Waals surface area contributed by atoms with Gasteiger partial charge in [-0.05, 0) is 46.4 Å². The molecule has 1 aromatic heterocycles. The number of nitrogens with zero attached hydrogens (tertiary/aromatic N) is 1. The second-order valence-corrected chi connectivity index (χ2v) is 7.13. The van der Waals surface area contributed by atoms with Crippen molar-refractivity contribution in [2.75, 3.05) is 20.3 Å². The van der Waals surface area contributed by atoms with Crippen molar-refractivity contribution in [3.8, 4) is 0 Å². The van der Waals surface area contributed by atoms with Crippen LogP contribution in [0.3, 0.4) is 0 Å². The average Bonchev–Trinajstić information content (AvgIpc) is 3.21. The van der Waals surface area contributed by atoms with Crippen molar-refractivity contribution in [3.05, 3.63) is 57.8 Å². The Balaban J connectivity index is 0.00000261. The number of ether oxygens (including phenoxy) is 2. The molecule has 1 aliphatic heterocycles. The summed E-state index contributed by atoms with van der Waals surface area (Å²) in [5, 5.41) is 10.9. The van der Waals surface area contributed by atoms with E-state index in [2.05, 4.69) is 56.7 Å². The van der Waals surface area contributed by atoms with Gasteiger partial charge in [0.1, 0.15) is 0 Å². The normalized spacial score (nSPS) is 15.2. The van der Waals surface area contributed by atoms with Crippen molar-refractivity contribution < 1.29 is 9.47 Å². The van der Waals surface area contributed by atoms with Gasteiger partial charge in [0, 0.05) is 33.4 Å². The number of aliphatic imine (C=N–C) groups is 1. The van der Waals surface area contributed by atoms with E-state index in [1.165, 1.54) is 16.7 Å². The fraction of sp³-hybridized carbons (Fsp3) is 0.450. The number of halogens is 1. The molecular formula is C20H28IN3O2S. The van der Waals surface area contributed by atoms with E-state index >= 15 is 0 Å². The summed E-state index contributed by atoms with van der Waals surface area (Å²) < 4.78 is 11.4. The minimum atomic E-state index is 0. The lowest BCUT2D eigenvalue weighted by Gasteiger charge is -2.22. The maximum absolute atomic E-state index is 6.02. The van der Waals surface area contributed by atoms with Gasteiger partial charge in [-0.1, -0.05) is 24.3 Å². The molecule has 0 radical (unpaired) electrons. The first-order valence-corrected chi connectivity index (χ1v) is 10.0. The van der Waals surface area contributed by atoms with Crippen LogP contribution in [0.15, 0.2) is 46.1 Å². The third-order valence-corrected chi connectivity index (χ3v) is 5.10. The van der Waals surface area contributed by atoms with Crippen LogP contribution in [-0.4, -0.2) is 32.3 Å². The van der Waals surface area contributed by atoms with Gasteiger partial charge in [0.25, 0.3) is 0 Å². The summed E-state index contributed by atoms with van der Waals surface area (Å²) in [7, 11) is 1.79. The van der Waals surface area contributed by atoms with Crippen molar-refractivity contribution in [3.63, 3.8) is 0 Å². The van der Waals surface area contributed by atoms with Crippen LogP contribution in [0.25, 0.3) is 0 Å². The molecule has 0 saturated carbocycles. The van der Waals surface area contributed by atoms with Gasteiger partial charge in [-0.25, -0.2) is 0 Å². The third kappa shape index (κ3) is 7.77. The zero-order chi connectivity index (χ0) is 18.0. The van der Waals surface area contributed by atoms with E-state index in [1.54, 1.807) is 18.4 Å². The molecule has 1 fully saturated rings. The smallest absolute Gasteiger partial charge is 0.191 e. The highest BCUT2D eigenvalue weighted by atomic mass is 127. The Morgan fingerprint density at radius 2 is 1.89 bits per heavy atom. The van der Waals surface area contributed by atoms with Gasteiger partial charge in [-0.3, -0.25) is 4.99 Å². The fourth-order valence-electron chi connectivity index (χ4n) is 2.87. The maximum atomic E-state index is 6.02. The third-order valence-electron chi connectivity index (χ3n) is 4.37. The summed E-state index contributed by atoms with van der Waals surface area (Å²) in [4.78, 5) is 4.28. The summed E-state index contributed by atoms with van der Waals surface area (Å²) >= 11 is 1.71. The standard InChI is InChI=1S/C20H27N3O2S.HI/c1-21-20(23-13-18-7-10-26-15-18)22-12-16-3-2-4-17(11-16)14-25-19-5-8-24-9-6-19;/h2-4,7,10-11,15,19H,5-6,8-9,12-14H2,1H3,(H2,21,22,23);1H. The molecule has 1 aromatic carbocycles. The van der Waals surface area contributed by atoms with E-state index in [0.717, 1.165) is 45.1 Å². The number of guanidine groups is 1. The number of hydrogen-bond acceptors (Lipinski definition) is 4. The number of thiophene rings is 1. The van der Waals surface area contributed by atoms with Gasteiger partial charge in [-0.15, -0.1) is 24.0 Å². The number of rotatable bonds is 7. The predicted molar refractivity (Wildman–Crippen MR) is 122 cm³/mol. The Kier molecular flexibility index (Phi) is 10.1. The van der Waals surface area contributed by atoms with Gasteiger partial charge < -0.3 is 20.1 Å². The number of hydrogen-bond donors (Lipinski definition) is 2. The molecule has 2 N–H and O–H groups in total. The second kappa shape index (κ2) is 12.3. The minimum Gasteiger partial charge on any atom is -0.381 e. The molecule has 27 heavy (non-hydrogen) atoms. The summed E-state index contributed by atoms with van der Waals surface area (Å²) in [6.07, 6.45) is 2.31. The van der Waals surface area contributed by atoms with Crippen molar-refractivity contribution in [2.45, 2.75) is 38.6 Å². The Labute approximate surface area is 182 Å². The van der Waals surface area contributed by atoms with Crippen molar-refractivity contribution in [1.29, 1.82) is 0 Å². The van der Waals surface area contributed by atoms with Gasteiger partial charge in [0.2, 0.25) is 0 Å². The average molecular weight is 501 g/mol. The molecular weight excluding hydrogens is 473 g/mol. The summed E-state index contributed by atoms with van der Waals surface area (Å²) in [6.45, 7) is 3.79. The molecule has 2 aromatic rings. The highest BCUT2D eigenvalue weighted by Crippen LogP contribution is 2.14. The van der Waals surface area contributed by atoms with E-state index in [1.807, 2.05) is 0 Å². The Bertz CT molecular complexity index is 688. The van der Waals surface area contributed by atoms with E-state index in [9.17, 15) is 0 Å². The molecule has 1 saturated heterocycles.